The Morgan fingerprint density at radius 2 is 2.15 bits per heavy atom. The number of fused-ring (bicyclic) bond motifs is 2. The Balaban J connectivity index is 0.00000180. The third-order valence-electron chi connectivity index (χ3n) is 4.88. The highest BCUT2D eigenvalue weighted by molar-refractivity contribution is 5.85. The van der Waals surface area contributed by atoms with Crippen LogP contribution in [0.1, 0.15) is 23.5 Å². The molecule has 0 saturated heterocycles. The van der Waals surface area contributed by atoms with Crippen molar-refractivity contribution in [2.24, 2.45) is 0 Å². The lowest BCUT2D eigenvalue weighted by Gasteiger charge is -2.28. The first-order valence-corrected chi connectivity index (χ1v) is 8.42. The van der Waals surface area contributed by atoms with E-state index >= 15 is 0 Å². The fourth-order valence-corrected chi connectivity index (χ4v) is 3.70. The number of benzene rings is 1. The zero-order valence-corrected chi connectivity index (χ0v) is 15.0. The molecule has 1 unspecified atom stereocenters. The molecule has 2 aliphatic heterocycles. The highest BCUT2D eigenvalue weighted by Crippen LogP contribution is 2.43. The number of anilines is 1. The molecule has 136 valence electrons. The van der Waals surface area contributed by atoms with Crippen LogP contribution in [0, 0.1) is 11.3 Å². The summed E-state index contributed by atoms with van der Waals surface area (Å²) in [5.74, 6) is 0.507. The molecule has 0 radical (unpaired) electrons. The molecule has 0 amide bonds. The molecule has 1 atom stereocenters. The van der Waals surface area contributed by atoms with Gasteiger partial charge in [0.25, 0.3) is 0 Å². The van der Waals surface area contributed by atoms with Crippen molar-refractivity contribution < 1.29 is 4.63 Å². The zero-order chi connectivity index (χ0) is 17.5. The quantitative estimate of drug-likeness (QED) is 0.624. The molecule has 0 saturated carbocycles. The minimum absolute atomic E-state index is 0. The third-order valence-corrected chi connectivity index (χ3v) is 4.88. The van der Waals surface area contributed by atoms with Crippen LogP contribution in [0.15, 0.2) is 51.9 Å². The second-order valence-corrected chi connectivity index (χ2v) is 6.33. The Hall–Kier alpha value is -3.15. The number of allylic oxidation sites excluding steroid dienone is 1. The van der Waals surface area contributed by atoms with Gasteiger partial charge in [0.15, 0.2) is 0 Å². The molecule has 4 heterocycles. The molecule has 0 fully saturated rings. The van der Waals surface area contributed by atoms with E-state index in [9.17, 15) is 5.26 Å². The molecule has 2 aliphatic rings. The molecular formula is C18H16ClN7O. The molecule has 8 nitrogen and oxygen atoms in total. The van der Waals surface area contributed by atoms with Crippen molar-refractivity contribution >= 4 is 29.3 Å². The molecule has 0 bridgehead atoms. The van der Waals surface area contributed by atoms with Crippen LogP contribution in [-0.2, 0) is 0 Å². The fraction of sp³-hybridized carbons (Fsp3) is 0.222. The van der Waals surface area contributed by atoms with Gasteiger partial charge in [0, 0.05) is 12.1 Å². The van der Waals surface area contributed by atoms with Crippen LogP contribution in [0.5, 0.6) is 0 Å². The number of hydrogen-bond acceptors (Lipinski definition) is 7. The second kappa shape index (κ2) is 6.87. The van der Waals surface area contributed by atoms with Gasteiger partial charge in [0.1, 0.15) is 16.9 Å². The van der Waals surface area contributed by atoms with Crippen molar-refractivity contribution in [3.8, 4) is 6.07 Å². The van der Waals surface area contributed by atoms with Crippen LogP contribution in [0.3, 0.4) is 0 Å². The number of H-pyrrole nitrogens is 1. The number of nitrogens with zero attached hydrogens (tertiary/aromatic N) is 4. The Morgan fingerprint density at radius 1 is 1.22 bits per heavy atom. The van der Waals surface area contributed by atoms with Crippen LogP contribution in [-0.4, -0.2) is 33.6 Å². The van der Waals surface area contributed by atoms with E-state index < -0.39 is 0 Å². The van der Waals surface area contributed by atoms with Crippen LogP contribution in [0.4, 0.5) is 5.82 Å². The zero-order valence-electron chi connectivity index (χ0n) is 14.2. The minimum Gasteiger partial charge on any atom is -0.339 e. The lowest BCUT2D eigenvalue weighted by Crippen LogP contribution is -2.27. The van der Waals surface area contributed by atoms with Crippen molar-refractivity contribution in [3.63, 3.8) is 0 Å². The Labute approximate surface area is 160 Å². The van der Waals surface area contributed by atoms with E-state index in [1.54, 1.807) is 6.20 Å². The Morgan fingerprint density at radius 3 is 2.96 bits per heavy atom. The molecule has 3 aromatic rings. The molecule has 27 heavy (non-hydrogen) atoms. The molecule has 1 aromatic carbocycles. The lowest BCUT2D eigenvalue weighted by molar-refractivity contribution is 0.315. The van der Waals surface area contributed by atoms with Crippen LogP contribution >= 0.6 is 12.4 Å². The van der Waals surface area contributed by atoms with Gasteiger partial charge in [-0.25, -0.2) is 4.63 Å². The molecular weight excluding hydrogens is 366 g/mol. The van der Waals surface area contributed by atoms with Gasteiger partial charge < -0.3 is 10.6 Å². The van der Waals surface area contributed by atoms with E-state index in [0.717, 1.165) is 47.7 Å². The lowest BCUT2D eigenvalue weighted by atomic mass is 9.81. The van der Waals surface area contributed by atoms with E-state index in [1.807, 2.05) is 18.2 Å². The number of halogens is 1. The number of nitriles is 1. The first-order valence-electron chi connectivity index (χ1n) is 8.42. The van der Waals surface area contributed by atoms with Crippen LogP contribution in [0.25, 0.3) is 11.0 Å². The van der Waals surface area contributed by atoms with E-state index in [1.165, 1.54) is 0 Å². The van der Waals surface area contributed by atoms with Gasteiger partial charge in [0.2, 0.25) is 0 Å². The van der Waals surface area contributed by atoms with Gasteiger partial charge >= 0.3 is 0 Å². The predicted octanol–water partition coefficient (Wildman–Crippen LogP) is 2.62. The summed E-state index contributed by atoms with van der Waals surface area (Å²) in [5, 5.41) is 31.9. The van der Waals surface area contributed by atoms with Gasteiger partial charge in [-0.05, 0) is 40.5 Å². The number of nitrogens with one attached hydrogen (secondary N) is 3. The summed E-state index contributed by atoms with van der Waals surface area (Å²) in [6.07, 6.45) is 4.86. The van der Waals surface area contributed by atoms with E-state index in [2.05, 4.69) is 43.3 Å². The van der Waals surface area contributed by atoms with Crippen molar-refractivity contribution in [1.29, 1.82) is 5.26 Å². The topological polar surface area (TPSA) is 115 Å². The van der Waals surface area contributed by atoms with Gasteiger partial charge in [-0.15, -0.1) is 12.4 Å². The maximum Gasteiger partial charge on any atom is 0.139 e. The summed E-state index contributed by atoms with van der Waals surface area (Å²) >= 11 is 0. The summed E-state index contributed by atoms with van der Waals surface area (Å²) in [5.41, 5.74) is 5.68. The molecule has 5 rings (SSSR count). The van der Waals surface area contributed by atoms with Crippen LogP contribution in [0.2, 0.25) is 0 Å². The summed E-state index contributed by atoms with van der Waals surface area (Å²) in [6, 6.07) is 8.12. The molecule has 9 heteroatoms. The monoisotopic (exact) mass is 381 g/mol. The maximum absolute atomic E-state index is 10.0. The van der Waals surface area contributed by atoms with Crippen molar-refractivity contribution in [2.75, 3.05) is 18.4 Å². The largest absolute Gasteiger partial charge is 0.339 e. The average Bonchev–Trinajstić information content (AvgIpc) is 3.36. The smallest absolute Gasteiger partial charge is 0.139 e. The predicted molar refractivity (Wildman–Crippen MR) is 101 cm³/mol. The Bertz CT molecular complexity index is 1100. The number of aromatic amines is 1. The second-order valence-electron chi connectivity index (χ2n) is 6.33. The standard InChI is InChI=1S/C18H15N7O.ClH/c19-7-12-15(11-4-1-5-14-17(11)25-26-24-14)13-9-21-23-18(13)22-16(12)10-3-2-6-20-8-10;/h1,3-5,9,15,20H,2,6,8H2,(H2,21,22,23);1H. The summed E-state index contributed by atoms with van der Waals surface area (Å²) in [4.78, 5) is 0. The summed E-state index contributed by atoms with van der Waals surface area (Å²) < 4.78 is 4.92. The van der Waals surface area contributed by atoms with Gasteiger partial charge in [-0.1, -0.05) is 18.2 Å². The third kappa shape index (κ3) is 2.68. The molecule has 2 aromatic heterocycles. The van der Waals surface area contributed by atoms with Crippen molar-refractivity contribution in [3.05, 3.63) is 58.4 Å². The normalized spacial score (nSPS) is 18.9. The van der Waals surface area contributed by atoms with Crippen LogP contribution < -0.4 is 10.6 Å². The summed E-state index contributed by atoms with van der Waals surface area (Å²) in [6.45, 7) is 1.67. The number of rotatable bonds is 2. The van der Waals surface area contributed by atoms with E-state index in [4.69, 9.17) is 4.63 Å². The molecule has 3 N–H and O–H groups in total. The van der Waals surface area contributed by atoms with E-state index in [-0.39, 0.29) is 18.3 Å². The maximum atomic E-state index is 10.0. The SMILES string of the molecule is Cl.N#CC1=C(C2=CCCNC2)Nc2[nH]ncc2C1c1cccc2nonc12. The first kappa shape index (κ1) is 17.3. The highest BCUT2D eigenvalue weighted by Gasteiger charge is 2.34. The Kier molecular flexibility index (Phi) is 4.39. The molecule has 0 spiro atoms. The molecule has 0 aliphatic carbocycles. The minimum atomic E-state index is -0.288. The summed E-state index contributed by atoms with van der Waals surface area (Å²) in [7, 11) is 0. The number of hydrogen-bond donors (Lipinski definition) is 3. The number of aromatic nitrogens is 4. The van der Waals surface area contributed by atoms with Gasteiger partial charge in [-0.3, -0.25) is 5.10 Å². The van der Waals surface area contributed by atoms with Gasteiger partial charge in [0.05, 0.1) is 29.5 Å². The average molecular weight is 382 g/mol. The van der Waals surface area contributed by atoms with Crippen molar-refractivity contribution in [2.45, 2.75) is 12.3 Å². The highest BCUT2D eigenvalue weighted by atomic mass is 35.5. The van der Waals surface area contributed by atoms with Crippen molar-refractivity contribution in [1.82, 2.24) is 25.8 Å². The van der Waals surface area contributed by atoms with E-state index in [0.29, 0.717) is 16.6 Å². The first-order chi connectivity index (χ1) is 12.9. The fourth-order valence-electron chi connectivity index (χ4n) is 3.70. The van der Waals surface area contributed by atoms with Gasteiger partial charge in [-0.2, -0.15) is 10.4 Å².